The summed E-state index contributed by atoms with van der Waals surface area (Å²) >= 11 is 5.06. The normalized spacial score (nSPS) is 26.1. The van der Waals surface area contributed by atoms with Crippen LogP contribution in [0.5, 0.6) is 0 Å². The summed E-state index contributed by atoms with van der Waals surface area (Å²) in [4.78, 5) is 6.63. The van der Waals surface area contributed by atoms with Gasteiger partial charge in [0.15, 0.2) is 5.13 Å². The molecule has 1 saturated carbocycles. The molecular formula is C9H13BrN2S. The monoisotopic (exact) mass is 260 g/mol. The summed E-state index contributed by atoms with van der Waals surface area (Å²) < 4.78 is 0.947. The number of thiazole rings is 1. The molecule has 2 nitrogen and oxygen atoms in total. The molecule has 4 heteroatoms. The molecule has 0 amide bonds. The fourth-order valence-electron chi connectivity index (χ4n) is 1.50. The van der Waals surface area contributed by atoms with Crippen molar-refractivity contribution in [2.75, 3.05) is 18.5 Å². The van der Waals surface area contributed by atoms with Gasteiger partial charge in [0.25, 0.3) is 0 Å². The maximum absolute atomic E-state index is 4.38. The van der Waals surface area contributed by atoms with Crippen LogP contribution in [-0.2, 0) is 0 Å². The van der Waals surface area contributed by atoms with Gasteiger partial charge in [0.2, 0.25) is 0 Å². The first-order chi connectivity index (χ1) is 6.16. The van der Waals surface area contributed by atoms with Crippen molar-refractivity contribution in [2.24, 2.45) is 11.8 Å². The molecule has 0 radical (unpaired) electrons. The van der Waals surface area contributed by atoms with Crippen molar-refractivity contribution < 1.29 is 0 Å². The van der Waals surface area contributed by atoms with Crippen LogP contribution in [0.1, 0.15) is 13.3 Å². The van der Waals surface area contributed by atoms with Crippen LogP contribution in [0.2, 0.25) is 0 Å². The Morgan fingerprint density at radius 3 is 2.92 bits per heavy atom. The van der Waals surface area contributed by atoms with E-state index >= 15 is 0 Å². The van der Waals surface area contributed by atoms with Gasteiger partial charge in [-0.15, -0.1) is 11.3 Å². The van der Waals surface area contributed by atoms with E-state index < -0.39 is 0 Å². The molecule has 0 aromatic carbocycles. The molecule has 0 spiro atoms. The number of halogens is 1. The van der Waals surface area contributed by atoms with E-state index in [4.69, 9.17) is 0 Å². The molecule has 2 unspecified atom stereocenters. The van der Waals surface area contributed by atoms with E-state index in [1.807, 2.05) is 5.38 Å². The average Bonchev–Trinajstić information content (AvgIpc) is 2.62. The van der Waals surface area contributed by atoms with Crippen LogP contribution >= 0.6 is 27.3 Å². The number of rotatable bonds is 3. The van der Waals surface area contributed by atoms with Crippen molar-refractivity contribution in [3.05, 3.63) is 9.98 Å². The molecule has 1 fully saturated rings. The predicted octanol–water partition coefficient (Wildman–Crippen LogP) is 3.00. The molecule has 2 rings (SSSR count). The van der Waals surface area contributed by atoms with E-state index in [-0.39, 0.29) is 0 Å². The largest absolute Gasteiger partial charge is 0.351 e. The molecule has 1 aliphatic rings. The highest BCUT2D eigenvalue weighted by Gasteiger charge is 2.33. The summed E-state index contributed by atoms with van der Waals surface area (Å²) in [6, 6.07) is 0. The molecule has 0 bridgehead atoms. The Balaban J connectivity index is 1.93. The molecule has 0 saturated heterocycles. The molecule has 0 aliphatic heterocycles. The minimum Gasteiger partial charge on any atom is -0.351 e. The van der Waals surface area contributed by atoms with Crippen LogP contribution in [0, 0.1) is 11.8 Å². The first kappa shape index (κ1) is 9.46. The number of nitrogens with zero attached hydrogens (tertiary/aromatic N) is 2. The van der Waals surface area contributed by atoms with Gasteiger partial charge in [-0.05, 0) is 34.2 Å². The molecule has 2 atom stereocenters. The van der Waals surface area contributed by atoms with E-state index in [1.165, 1.54) is 6.42 Å². The summed E-state index contributed by atoms with van der Waals surface area (Å²) in [6.07, 6.45) is 1.39. The Hall–Kier alpha value is -0.0900. The third-order valence-corrected chi connectivity index (χ3v) is 4.24. The number of aromatic nitrogens is 1. The highest BCUT2D eigenvalue weighted by Crippen LogP contribution is 2.39. The summed E-state index contributed by atoms with van der Waals surface area (Å²) in [5.74, 6) is 1.82. The van der Waals surface area contributed by atoms with E-state index in [2.05, 4.69) is 39.8 Å². The van der Waals surface area contributed by atoms with Gasteiger partial charge in [0.05, 0.1) is 0 Å². The minimum atomic E-state index is 0.896. The Morgan fingerprint density at radius 2 is 2.46 bits per heavy atom. The third-order valence-electron chi connectivity index (χ3n) is 2.58. The molecule has 72 valence electrons. The summed E-state index contributed by atoms with van der Waals surface area (Å²) in [6.45, 7) is 3.47. The van der Waals surface area contributed by atoms with Crippen molar-refractivity contribution in [3.63, 3.8) is 0 Å². The highest BCUT2D eigenvalue weighted by atomic mass is 79.9. The number of hydrogen-bond acceptors (Lipinski definition) is 3. The van der Waals surface area contributed by atoms with Crippen LogP contribution in [0.15, 0.2) is 9.98 Å². The zero-order chi connectivity index (χ0) is 9.42. The first-order valence-corrected chi connectivity index (χ1v) is 6.16. The van der Waals surface area contributed by atoms with Crippen LogP contribution in [-0.4, -0.2) is 18.6 Å². The lowest BCUT2D eigenvalue weighted by Gasteiger charge is -2.14. The van der Waals surface area contributed by atoms with Crippen molar-refractivity contribution in [1.29, 1.82) is 0 Å². The second-order valence-electron chi connectivity index (χ2n) is 3.81. The summed E-state index contributed by atoms with van der Waals surface area (Å²) in [5, 5.41) is 3.15. The molecule has 1 aliphatic carbocycles. The zero-order valence-corrected chi connectivity index (χ0v) is 10.2. The number of anilines is 1. The van der Waals surface area contributed by atoms with Gasteiger partial charge < -0.3 is 4.90 Å². The lowest BCUT2D eigenvalue weighted by molar-refractivity contribution is 0.723. The topological polar surface area (TPSA) is 16.1 Å². The molecule has 13 heavy (non-hydrogen) atoms. The summed E-state index contributed by atoms with van der Waals surface area (Å²) in [5.41, 5.74) is 0. The second kappa shape index (κ2) is 3.58. The third kappa shape index (κ3) is 2.23. The van der Waals surface area contributed by atoms with Gasteiger partial charge in [-0.1, -0.05) is 6.92 Å². The van der Waals surface area contributed by atoms with E-state index in [1.54, 1.807) is 11.3 Å². The maximum Gasteiger partial charge on any atom is 0.186 e. The lowest BCUT2D eigenvalue weighted by Crippen LogP contribution is -2.20. The Kier molecular flexibility index (Phi) is 2.60. The summed E-state index contributed by atoms with van der Waals surface area (Å²) in [7, 11) is 2.12. The van der Waals surface area contributed by atoms with E-state index in [0.29, 0.717) is 0 Å². The molecule has 1 aromatic heterocycles. The second-order valence-corrected chi connectivity index (χ2v) is 5.46. The zero-order valence-electron chi connectivity index (χ0n) is 7.83. The van der Waals surface area contributed by atoms with Crippen LogP contribution in [0.3, 0.4) is 0 Å². The first-order valence-electron chi connectivity index (χ1n) is 4.49. The van der Waals surface area contributed by atoms with Crippen LogP contribution in [0.4, 0.5) is 5.13 Å². The van der Waals surface area contributed by atoms with Crippen molar-refractivity contribution >= 4 is 32.4 Å². The molecule has 0 N–H and O–H groups in total. The molecule has 1 heterocycles. The maximum atomic E-state index is 4.38. The SMILES string of the molecule is CC1CC1CN(C)c1nc(Br)cs1. The van der Waals surface area contributed by atoms with Crippen molar-refractivity contribution in [2.45, 2.75) is 13.3 Å². The number of hydrogen-bond donors (Lipinski definition) is 0. The van der Waals surface area contributed by atoms with Crippen molar-refractivity contribution in [1.82, 2.24) is 4.98 Å². The van der Waals surface area contributed by atoms with Gasteiger partial charge in [-0.3, -0.25) is 0 Å². The quantitative estimate of drug-likeness (QED) is 0.831. The molecular weight excluding hydrogens is 248 g/mol. The fraction of sp³-hybridized carbons (Fsp3) is 0.667. The predicted molar refractivity (Wildman–Crippen MR) is 60.4 cm³/mol. The van der Waals surface area contributed by atoms with Gasteiger partial charge in [0.1, 0.15) is 4.60 Å². The van der Waals surface area contributed by atoms with Gasteiger partial charge in [-0.25, -0.2) is 4.98 Å². The Morgan fingerprint density at radius 1 is 1.77 bits per heavy atom. The van der Waals surface area contributed by atoms with Crippen LogP contribution < -0.4 is 4.90 Å². The smallest absolute Gasteiger partial charge is 0.186 e. The Labute approximate surface area is 91.1 Å². The van der Waals surface area contributed by atoms with E-state index in [0.717, 1.165) is 28.1 Å². The van der Waals surface area contributed by atoms with Gasteiger partial charge in [0, 0.05) is 19.0 Å². The highest BCUT2D eigenvalue weighted by molar-refractivity contribution is 9.10. The van der Waals surface area contributed by atoms with Crippen LogP contribution in [0.25, 0.3) is 0 Å². The van der Waals surface area contributed by atoms with E-state index in [9.17, 15) is 0 Å². The van der Waals surface area contributed by atoms with Gasteiger partial charge >= 0.3 is 0 Å². The van der Waals surface area contributed by atoms with Gasteiger partial charge in [-0.2, -0.15) is 0 Å². The Bertz CT molecular complexity index is 300. The minimum absolute atomic E-state index is 0.896. The lowest BCUT2D eigenvalue weighted by atomic mass is 10.3. The average molecular weight is 261 g/mol. The molecule has 1 aromatic rings. The van der Waals surface area contributed by atoms with Crippen molar-refractivity contribution in [3.8, 4) is 0 Å². The standard InChI is InChI=1S/C9H13BrN2S/c1-6-3-7(6)4-12(2)9-11-8(10)5-13-9/h5-7H,3-4H2,1-2H3. The fourth-order valence-corrected chi connectivity index (χ4v) is 2.73.